The number of amides is 2. The molecule has 2 amide bonds. The van der Waals surface area contributed by atoms with E-state index in [2.05, 4.69) is 10.6 Å². The van der Waals surface area contributed by atoms with Crippen molar-refractivity contribution >= 4 is 17.5 Å². The summed E-state index contributed by atoms with van der Waals surface area (Å²) in [5, 5.41) is 5.53. The molecule has 4 nitrogen and oxygen atoms in total. The minimum atomic E-state index is -0.745. The van der Waals surface area contributed by atoms with Crippen molar-refractivity contribution < 1.29 is 9.59 Å². The predicted molar refractivity (Wildman–Crippen MR) is 87.2 cm³/mol. The number of rotatable bonds is 5. The molecule has 1 unspecified atom stereocenters. The summed E-state index contributed by atoms with van der Waals surface area (Å²) >= 11 is 0. The Morgan fingerprint density at radius 3 is 2.14 bits per heavy atom. The van der Waals surface area contributed by atoms with Crippen LogP contribution in [0.3, 0.4) is 0 Å². The zero-order valence-electron chi connectivity index (χ0n) is 12.3. The van der Waals surface area contributed by atoms with Gasteiger partial charge in [-0.2, -0.15) is 0 Å². The van der Waals surface area contributed by atoms with E-state index in [4.69, 9.17) is 0 Å². The van der Waals surface area contributed by atoms with Gasteiger partial charge in [-0.25, -0.2) is 0 Å². The summed E-state index contributed by atoms with van der Waals surface area (Å²) in [6, 6.07) is 17.6. The van der Waals surface area contributed by atoms with Crippen molar-refractivity contribution in [2.75, 3.05) is 5.32 Å². The second-order valence-corrected chi connectivity index (χ2v) is 4.71. The van der Waals surface area contributed by atoms with Crippen LogP contribution >= 0.6 is 0 Å². The molecular weight excluding hydrogens is 276 g/mol. The van der Waals surface area contributed by atoms with Gasteiger partial charge in [-0.05, 0) is 30.7 Å². The summed E-state index contributed by atoms with van der Waals surface area (Å²) in [6.07, 6.45) is 3.03. The molecule has 2 N–H and O–H groups in total. The minimum Gasteiger partial charge on any atom is -0.337 e. The fraction of sp³-hybridized carbons (Fsp3) is 0.111. The Kier molecular flexibility index (Phi) is 5.49. The lowest BCUT2D eigenvalue weighted by atomic mass is 10.1. The van der Waals surface area contributed by atoms with Gasteiger partial charge in [-0.3, -0.25) is 9.59 Å². The summed E-state index contributed by atoms with van der Waals surface area (Å²) in [7, 11) is 0. The molecule has 0 aliphatic rings. The molecule has 2 aromatic carbocycles. The third-order valence-corrected chi connectivity index (χ3v) is 3.04. The number of hydrogen-bond donors (Lipinski definition) is 2. The SMILES string of the molecule is CC=CC(=O)NC(C(=O)Nc1ccccc1)c1ccccc1. The van der Waals surface area contributed by atoms with E-state index in [1.165, 1.54) is 6.08 Å². The zero-order valence-corrected chi connectivity index (χ0v) is 12.3. The van der Waals surface area contributed by atoms with Crippen LogP contribution in [0.4, 0.5) is 5.69 Å². The van der Waals surface area contributed by atoms with Gasteiger partial charge in [0.05, 0.1) is 0 Å². The standard InChI is InChI=1S/C18H18N2O2/c1-2-9-16(21)20-17(14-10-5-3-6-11-14)18(22)19-15-12-7-4-8-13-15/h2-13,17H,1H3,(H,19,22)(H,20,21). The zero-order chi connectivity index (χ0) is 15.8. The van der Waals surface area contributed by atoms with E-state index in [-0.39, 0.29) is 11.8 Å². The summed E-state index contributed by atoms with van der Waals surface area (Å²) in [5.41, 5.74) is 1.42. The second-order valence-electron chi connectivity index (χ2n) is 4.71. The van der Waals surface area contributed by atoms with Crippen LogP contribution in [-0.2, 0) is 9.59 Å². The topological polar surface area (TPSA) is 58.2 Å². The Labute approximate surface area is 129 Å². The smallest absolute Gasteiger partial charge is 0.251 e. The van der Waals surface area contributed by atoms with Gasteiger partial charge in [0.2, 0.25) is 5.91 Å². The Bertz CT molecular complexity index is 651. The Hall–Kier alpha value is -2.88. The van der Waals surface area contributed by atoms with Gasteiger partial charge in [-0.15, -0.1) is 0 Å². The molecule has 0 spiro atoms. The van der Waals surface area contributed by atoms with Crippen LogP contribution in [-0.4, -0.2) is 11.8 Å². The number of allylic oxidation sites excluding steroid dienone is 1. The normalized spacial score (nSPS) is 11.9. The summed E-state index contributed by atoms with van der Waals surface area (Å²) in [5.74, 6) is -0.588. The number of benzene rings is 2. The van der Waals surface area contributed by atoms with E-state index < -0.39 is 6.04 Å². The van der Waals surface area contributed by atoms with Crippen molar-refractivity contribution in [2.24, 2.45) is 0 Å². The number of hydrogen-bond acceptors (Lipinski definition) is 2. The van der Waals surface area contributed by atoms with E-state index in [0.717, 1.165) is 5.56 Å². The Morgan fingerprint density at radius 1 is 0.955 bits per heavy atom. The second kappa shape index (κ2) is 7.78. The van der Waals surface area contributed by atoms with Gasteiger partial charge in [0.15, 0.2) is 0 Å². The van der Waals surface area contributed by atoms with Crippen molar-refractivity contribution in [1.29, 1.82) is 0 Å². The van der Waals surface area contributed by atoms with Crippen LogP contribution < -0.4 is 10.6 Å². The van der Waals surface area contributed by atoms with Crippen molar-refractivity contribution in [1.82, 2.24) is 5.32 Å². The summed E-state index contributed by atoms with van der Waals surface area (Å²) in [6.45, 7) is 1.75. The lowest BCUT2D eigenvalue weighted by molar-refractivity contribution is -0.124. The largest absolute Gasteiger partial charge is 0.337 e. The molecule has 0 saturated heterocycles. The molecule has 2 aromatic rings. The molecule has 0 saturated carbocycles. The van der Waals surface area contributed by atoms with Gasteiger partial charge < -0.3 is 10.6 Å². The number of para-hydroxylation sites is 1. The maximum absolute atomic E-state index is 12.5. The fourth-order valence-corrected chi connectivity index (χ4v) is 2.02. The molecule has 0 aromatic heterocycles. The minimum absolute atomic E-state index is 0.282. The molecule has 0 radical (unpaired) electrons. The van der Waals surface area contributed by atoms with E-state index in [9.17, 15) is 9.59 Å². The number of anilines is 1. The molecule has 4 heteroatoms. The average molecular weight is 294 g/mol. The highest BCUT2D eigenvalue weighted by molar-refractivity contribution is 5.99. The first-order valence-corrected chi connectivity index (χ1v) is 7.04. The van der Waals surface area contributed by atoms with Crippen LogP contribution in [0.5, 0.6) is 0 Å². The average Bonchev–Trinajstić information content (AvgIpc) is 2.54. The number of carbonyl (C=O) groups is 2. The first-order chi connectivity index (χ1) is 10.7. The van der Waals surface area contributed by atoms with Crippen molar-refractivity contribution in [3.8, 4) is 0 Å². The monoisotopic (exact) mass is 294 g/mol. The maximum atomic E-state index is 12.5. The van der Waals surface area contributed by atoms with E-state index >= 15 is 0 Å². The van der Waals surface area contributed by atoms with E-state index in [1.807, 2.05) is 48.5 Å². The number of nitrogens with one attached hydrogen (secondary N) is 2. The van der Waals surface area contributed by atoms with Crippen LogP contribution in [0.25, 0.3) is 0 Å². The van der Waals surface area contributed by atoms with Crippen molar-refractivity contribution in [3.05, 3.63) is 78.4 Å². The molecule has 112 valence electrons. The molecule has 1 atom stereocenters. The van der Waals surface area contributed by atoms with Crippen LogP contribution in [0.1, 0.15) is 18.5 Å². The predicted octanol–water partition coefficient (Wildman–Crippen LogP) is 3.06. The van der Waals surface area contributed by atoms with Crippen molar-refractivity contribution in [2.45, 2.75) is 13.0 Å². The Balaban J connectivity index is 2.20. The quantitative estimate of drug-likeness (QED) is 0.833. The molecule has 0 aliphatic heterocycles. The molecular formula is C18H18N2O2. The lowest BCUT2D eigenvalue weighted by Gasteiger charge is -2.18. The van der Waals surface area contributed by atoms with E-state index in [1.54, 1.807) is 25.1 Å². The van der Waals surface area contributed by atoms with Crippen molar-refractivity contribution in [3.63, 3.8) is 0 Å². The lowest BCUT2D eigenvalue weighted by Crippen LogP contribution is -2.36. The summed E-state index contributed by atoms with van der Waals surface area (Å²) < 4.78 is 0. The molecule has 2 rings (SSSR count). The molecule has 0 bridgehead atoms. The highest BCUT2D eigenvalue weighted by atomic mass is 16.2. The fourth-order valence-electron chi connectivity index (χ4n) is 2.02. The van der Waals surface area contributed by atoms with Gasteiger partial charge >= 0.3 is 0 Å². The molecule has 0 fully saturated rings. The summed E-state index contributed by atoms with van der Waals surface area (Å²) in [4.78, 5) is 24.3. The number of carbonyl (C=O) groups excluding carboxylic acids is 2. The van der Waals surface area contributed by atoms with Crippen LogP contribution in [0.15, 0.2) is 72.8 Å². The molecule has 22 heavy (non-hydrogen) atoms. The van der Waals surface area contributed by atoms with E-state index in [0.29, 0.717) is 5.69 Å². The first kappa shape index (κ1) is 15.5. The Morgan fingerprint density at radius 2 is 1.55 bits per heavy atom. The maximum Gasteiger partial charge on any atom is 0.251 e. The molecule has 0 aliphatic carbocycles. The van der Waals surface area contributed by atoms with Gasteiger partial charge in [-0.1, -0.05) is 54.6 Å². The third kappa shape index (κ3) is 4.31. The van der Waals surface area contributed by atoms with Gasteiger partial charge in [0.1, 0.15) is 6.04 Å². The highest BCUT2D eigenvalue weighted by Crippen LogP contribution is 2.16. The first-order valence-electron chi connectivity index (χ1n) is 7.04. The van der Waals surface area contributed by atoms with Crippen LogP contribution in [0, 0.1) is 0 Å². The molecule has 0 heterocycles. The third-order valence-electron chi connectivity index (χ3n) is 3.04. The van der Waals surface area contributed by atoms with Gasteiger partial charge in [0.25, 0.3) is 5.91 Å². The van der Waals surface area contributed by atoms with Crippen LogP contribution in [0.2, 0.25) is 0 Å². The highest BCUT2D eigenvalue weighted by Gasteiger charge is 2.21. The van der Waals surface area contributed by atoms with Gasteiger partial charge in [0, 0.05) is 5.69 Å².